The highest BCUT2D eigenvalue weighted by Crippen LogP contribution is 2.35. The van der Waals surface area contributed by atoms with Gasteiger partial charge >= 0.3 is 0 Å². The summed E-state index contributed by atoms with van der Waals surface area (Å²) < 4.78 is 22.6. The van der Waals surface area contributed by atoms with Crippen LogP contribution in [0.1, 0.15) is 68.3 Å². The number of amides is 1. The molecule has 0 radical (unpaired) electrons. The summed E-state index contributed by atoms with van der Waals surface area (Å²) in [5.74, 6) is 1.38. The van der Waals surface area contributed by atoms with Crippen LogP contribution in [0, 0.1) is 10.8 Å². The molecule has 3 rings (SSSR count). The van der Waals surface area contributed by atoms with Gasteiger partial charge in [0.2, 0.25) is 5.90 Å². The summed E-state index contributed by atoms with van der Waals surface area (Å²) in [4.78, 5) is 13.3. The Labute approximate surface area is 218 Å². The van der Waals surface area contributed by atoms with Crippen molar-refractivity contribution in [1.82, 2.24) is 5.32 Å². The maximum atomic E-state index is 13.3. The van der Waals surface area contributed by atoms with E-state index in [1.807, 2.05) is 13.8 Å². The van der Waals surface area contributed by atoms with Crippen LogP contribution in [0.15, 0.2) is 42.5 Å². The highest BCUT2D eigenvalue weighted by atomic mass is 16.5. The molecule has 2 aromatic carbocycles. The van der Waals surface area contributed by atoms with Crippen LogP contribution in [0.2, 0.25) is 0 Å². The minimum Gasteiger partial charge on any atom is -0.489 e. The van der Waals surface area contributed by atoms with Crippen LogP contribution in [-0.2, 0) is 9.47 Å². The Hall–Kier alpha value is -3.59. The zero-order valence-electron chi connectivity index (χ0n) is 21.7. The molecule has 0 bridgehead atoms. The van der Waals surface area contributed by atoms with Crippen molar-refractivity contribution in [2.45, 2.75) is 64.5 Å². The third-order valence-electron chi connectivity index (χ3n) is 6.08. The van der Waals surface area contributed by atoms with Crippen molar-refractivity contribution in [1.29, 1.82) is 10.8 Å². The molecule has 5 N–H and O–H groups in total. The molecule has 0 aliphatic heterocycles. The van der Waals surface area contributed by atoms with E-state index in [2.05, 4.69) is 5.32 Å². The van der Waals surface area contributed by atoms with Crippen molar-refractivity contribution in [3.8, 4) is 17.2 Å². The van der Waals surface area contributed by atoms with Crippen molar-refractivity contribution in [2.24, 2.45) is 5.73 Å². The quantitative estimate of drug-likeness (QED) is 0.180. The summed E-state index contributed by atoms with van der Waals surface area (Å²) in [5.41, 5.74) is 7.05. The van der Waals surface area contributed by atoms with E-state index in [0.29, 0.717) is 61.0 Å². The Balaban J connectivity index is 1.77. The fourth-order valence-electron chi connectivity index (χ4n) is 4.13. The van der Waals surface area contributed by atoms with Gasteiger partial charge in [-0.2, -0.15) is 0 Å². The number of rotatable bonds is 12. The molecular weight excluding hydrogens is 472 g/mol. The number of carbonyl (C=O) groups is 1. The lowest BCUT2D eigenvalue weighted by Gasteiger charge is -2.27. The van der Waals surface area contributed by atoms with E-state index in [0.717, 1.165) is 25.7 Å². The summed E-state index contributed by atoms with van der Waals surface area (Å²) in [5, 5.41) is 18.9. The highest BCUT2D eigenvalue weighted by Gasteiger charge is 2.24. The van der Waals surface area contributed by atoms with Gasteiger partial charge in [-0.15, -0.1) is 0 Å². The number of para-hydroxylation sites is 1. The van der Waals surface area contributed by atoms with Crippen LogP contribution in [-0.4, -0.2) is 49.6 Å². The van der Waals surface area contributed by atoms with Crippen LogP contribution >= 0.6 is 0 Å². The monoisotopic (exact) mass is 510 g/mol. The minimum atomic E-state index is -0.219. The number of hydrogen-bond donors (Lipinski definition) is 4. The van der Waals surface area contributed by atoms with E-state index in [9.17, 15) is 4.79 Å². The van der Waals surface area contributed by atoms with E-state index in [-0.39, 0.29) is 29.8 Å². The van der Waals surface area contributed by atoms with Gasteiger partial charge in [-0.25, -0.2) is 0 Å². The molecule has 1 amide bonds. The topological polar surface area (TPSA) is 140 Å². The molecule has 1 saturated carbocycles. The molecule has 0 spiro atoms. The van der Waals surface area contributed by atoms with Gasteiger partial charge in [-0.3, -0.25) is 15.6 Å². The van der Waals surface area contributed by atoms with E-state index >= 15 is 0 Å². The molecule has 0 atom stereocenters. The smallest absolute Gasteiger partial charge is 0.255 e. The predicted molar refractivity (Wildman–Crippen MR) is 143 cm³/mol. The number of nitrogens with one attached hydrogen (secondary N) is 3. The highest BCUT2D eigenvalue weighted by molar-refractivity contribution is 5.98. The number of ether oxygens (including phenoxy) is 4. The van der Waals surface area contributed by atoms with Crippen LogP contribution in [0.25, 0.3) is 0 Å². The Kier molecular flexibility index (Phi) is 10.8. The van der Waals surface area contributed by atoms with Gasteiger partial charge in [0, 0.05) is 24.1 Å². The summed E-state index contributed by atoms with van der Waals surface area (Å²) in [6, 6.07) is 12.5. The zero-order valence-corrected chi connectivity index (χ0v) is 21.7. The van der Waals surface area contributed by atoms with Gasteiger partial charge in [0.1, 0.15) is 5.75 Å². The van der Waals surface area contributed by atoms with Crippen LogP contribution in [0.5, 0.6) is 17.2 Å². The third-order valence-corrected chi connectivity index (χ3v) is 6.08. The lowest BCUT2D eigenvalue weighted by atomic mass is 9.91. The second-order valence-corrected chi connectivity index (χ2v) is 8.91. The number of nitrogens with two attached hydrogens (primary N) is 1. The van der Waals surface area contributed by atoms with Gasteiger partial charge in [0.15, 0.2) is 17.4 Å². The van der Waals surface area contributed by atoms with Gasteiger partial charge < -0.3 is 30.0 Å². The molecule has 9 nitrogen and oxygen atoms in total. The molecule has 0 saturated heterocycles. The fourth-order valence-corrected chi connectivity index (χ4v) is 4.13. The summed E-state index contributed by atoms with van der Waals surface area (Å²) in [6.07, 6.45) is 4.47. The summed E-state index contributed by atoms with van der Waals surface area (Å²) in [6.45, 7) is 4.84. The molecule has 1 fully saturated rings. The van der Waals surface area contributed by atoms with Gasteiger partial charge in [0.05, 0.1) is 25.4 Å². The van der Waals surface area contributed by atoms with Gasteiger partial charge in [-0.1, -0.05) is 6.07 Å². The van der Waals surface area contributed by atoms with Crippen LogP contribution in [0.4, 0.5) is 0 Å². The molecule has 1 aliphatic carbocycles. The van der Waals surface area contributed by atoms with Gasteiger partial charge in [0.25, 0.3) is 5.91 Å². The first-order chi connectivity index (χ1) is 17.9. The Morgan fingerprint density at radius 1 is 1.00 bits per heavy atom. The lowest BCUT2D eigenvalue weighted by Crippen LogP contribution is -2.40. The molecule has 0 aromatic heterocycles. The van der Waals surface area contributed by atoms with E-state index < -0.39 is 0 Å². The van der Waals surface area contributed by atoms with E-state index in [1.54, 1.807) is 42.5 Å². The number of benzene rings is 2. The zero-order chi connectivity index (χ0) is 26.6. The third kappa shape index (κ3) is 8.49. The normalized spacial score (nSPS) is 16.9. The van der Waals surface area contributed by atoms with Crippen molar-refractivity contribution in [3.05, 3.63) is 53.6 Å². The SMILES string of the molecule is CCOC(=N)CCCOc1c(Oc2ccc(C(=N)OCC)cc2)cccc1C(=O)NC1CCC(N)CC1. The first-order valence-corrected chi connectivity index (χ1v) is 12.9. The number of hydrogen-bond acceptors (Lipinski definition) is 8. The van der Waals surface area contributed by atoms with Crippen molar-refractivity contribution in [3.63, 3.8) is 0 Å². The molecule has 200 valence electrons. The lowest BCUT2D eigenvalue weighted by molar-refractivity contribution is 0.0921. The summed E-state index contributed by atoms with van der Waals surface area (Å²) >= 11 is 0. The first kappa shape index (κ1) is 28.0. The van der Waals surface area contributed by atoms with Crippen molar-refractivity contribution >= 4 is 17.7 Å². The van der Waals surface area contributed by atoms with Gasteiger partial charge in [-0.05, 0) is 82.3 Å². The molecule has 1 aliphatic rings. The number of carbonyl (C=O) groups excluding carboxylic acids is 1. The molecule has 0 heterocycles. The van der Waals surface area contributed by atoms with Crippen molar-refractivity contribution in [2.75, 3.05) is 19.8 Å². The molecule has 37 heavy (non-hydrogen) atoms. The standard InChI is InChI=1S/C28H38N4O5/c1-3-34-25(30)9-6-18-36-26-23(28(33)32-21-14-12-20(29)13-15-21)7-5-8-24(26)37-22-16-10-19(11-17-22)27(31)35-4-2/h5,7-8,10-11,16-17,20-21,30-31H,3-4,6,9,12-15,18,29H2,1-2H3,(H,32,33). The Morgan fingerprint density at radius 3 is 2.38 bits per heavy atom. The second-order valence-electron chi connectivity index (χ2n) is 8.91. The minimum absolute atomic E-state index is 0.0737. The largest absolute Gasteiger partial charge is 0.489 e. The average Bonchev–Trinajstić information content (AvgIpc) is 2.89. The van der Waals surface area contributed by atoms with E-state index in [4.69, 9.17) is 35.5 Å². The Bertz CT molecular complexity index is 1050. The molecular formula is C28H38N4O5. The molecule has 0 unspecified atom stereocenters. The predicted octanol–water partition coefficient (Wildman–Crippen LogP) is 5.01. The van der Waals surface area contributed by atoms with Crippen LogP contribution in [0.3, 0.4) is 0 Å². The first-order valence-electron chi connectivity index (χ1n) is 12.9. The molecule has 2 aromatic rings. The summed E-state index contributed by atoms with van der Waals surface area (Å²) in [7, 11) is 0. The van der Waals surface area contributed by atoms with Crippen LogP contribution < -0.4 is 20.5 Å². The van der Waals surface area contributed by atoms with E-state index in [1.165, 1.54) is 0 Å². The maximum Gasteiger partial charge on any atom is 0.255 e. The van der Waals surface area contributed by atoms with Crippen molar-refractivity contribution < 1.29 is 23.7 Å². The maximum absolute atomic E-state index is 13.3. The average molecular weight is 511 g/mol. The second kappa shape index (κ2) is 14.2. The fraction of sp³-hybridized carbons (Fsp3) is 0.464. The molecule has 9 heteroatoms. The Morgan fingerprint density at radius 2 is 1.70 bits per heavy atom.